The number of aryl methyl sites for hydroxylation is 1. The third-order valence-electron chi connectivity index (χ3n) is 7.53. The van der Waals surface area contributed by atoms with Crippen molar-refractivity contribution in [2.45, 2.75) is 48.8 Å². The lowest BCUT2D eigenvalue weighted by molar-refractivity contribution is -0.258. The highest BCUT2D eigenvalue weighted by atomic mass is 32.2. The van der Waals surface area contributed by atoms with Gasteiger partial charge >= 0.3 is 17.8 Å². The van der Waals surface area contributed by atoms with Crippen molar-refractivity contribution in [1.82, 2.24) is 4.90 Å². The van der Waals surface area contributed by atoms with Gasteiger partial charge in [0.15, 0.2) is 0 Å². The van der Waals surface area contributed by atoms with E-state index in [1.165, 1.54) is 24.9 Å². The predicted molar refractivity (Wildman–Crippen MR) is 114 cm³/mol. The number of hydrogen-bond donors (Lipinski definition) is 0. The largest absolute Gasteiger partial charge is 0.380 e. The van der Waals surface area contributed by atoms with E-state index < -0.39 is 39.2 Å². The first-order valence-electron chi connectivity index (χ1n) is 10.1. The third kappa shape index (κ3) is 2.23. The van der Waals surface area contributed by atoms with E-state index in [0.717, 1.165) is 23.4 Å². The van der Waals surface area contributed by atoms with Crippen molar-refractivity contribution in [2.75, 3.05) is 7.05 Å². The number of alkyl halides is 6. The van der Waals surface area contributed by atoms with E-state index in [2.05, 4.69) is 0 Å². The lowest BCUT2D eigenvalue weighted by Crippen LogP contribution is -2.58. The Morgan fingerprint density at radius 1 is 0.879 bits per heavy atom. The molecule has 2 aliphatic heterocycles. The molecule has 1 aromatic rings. The van der Waals surface area contributed by atoms with Crippen LogP contribution in [0.5, 0.6) is 0 Å². The number of fused-ring (bicyclic) bond motifs is 4. The Hall–Kier alpha value is -2.60. The fourth-order valence-electron chi connectivity index (χ4n) is 5.33. The van der Waals surface area contributed by atoms with E-state index in [1.54, 1.807) is 19.1 Å². The van der Waals surface area contributed by atoms with Crippen LogP contribution in [0.2, 0.25) is 0 Å². The number of benzene rings is 1. The molecule has 0 radical (unpaired) electrons. The van der Waals surface area contributed by atoms with Crippen LogP contribution in [0, 0.1) is 18.3 Å². The molecule has 4 aliphatic rings. The van der Waals surface area contributed by atoms with Gasteiger partial charge in [0, 0.05) is 23.1 Å². The van der Waals surface area contributed by atoms with Crippen molar-refractivity contribution >= 4 is 16.7 Å². The Morgan fingerprint density at radius 3 is 1.97 bits per heavy atom. The van der Waals surface area contributed by atoms with Gasteiger partial charge in [-0.1, -0.05) is 29.8 Å². The maximum absolute atomic E-state index is 15.1. The van der Waals surface area contributed by atoms with Crippen LogP contribution >= 0.6 is 11.8 Å². The standard InChI is InChI=1S/C24H18F6N2S/c1-12-5-7-13(8-6-12)17-10-16-19-18(22(25,26)24(29,30)23(19,27)28)15-9-14(11-31)32(4)20(15,2)21(16,3)33-17/h5-10H,1-4H3. The molecule has 0 N–H and O–H groups in total. The zero-order valence-electron chi connectivity index (χ0n) is 18.0. The van der Waals surface area contributed by atoms with Gasteiger partial charge in [-0.25, -0.2) is 0 Å². The zero-order chi connectivity index (χ0) is 24.4. The predicted octanol–water partition coefficient (Wildman–Crippen LogP) is 6.48. The van der Waals surface area contributed by atoms with Gasteiger partial charge in [-0.3, -0.25) is 0 Å². The van der Waals surface area contributed by atoms with Gasteiger partial charge in [0.25, 0.3) is 0 Å². The highest BCUT2D eigenvalue weighted by molar-refractivity contribution is 8.10. The van der Waals surface area contributed by atoms with Crippen molar-refractivity contribution in [2.24, 2.45) is 0 Å². The average molecular weight is 480 g/mol. The molecule has 9 heteroatoms. The minimum Gasteiger partial charge on any atom is -0.355 e. The Labute approximate surface area is 190 Å². The summed E-state index contributed by atoms with van der Waals surface area (Å²) in [5.41, 5.74) is -3.19. The maximum Gasteiger partial charge on any atom is 0.380 e. The van der Waals surface area contributed by atoms with Crippen LogP contribution in [-0.2, 0) is 0 Å². The van der Waals surface area contributed by atoms with Crippen molar-refractivity contribution in [3.63, 3.8) is 0 Å². The van der Waals surface area contributed by atoms with Crippen LogP contribution in [0.25, 0.3) is 4.91 Å². The van der Waals surface area contributed by atoms with Crippen molar-refractivity contribution in [3.05, 3.63) is 75.5 Å². The smallest absolute Gasteiger partial charge is 0.355 e. The fraction of sp³-hybridized carbons (Fsp3) is 0.375. The van der Waals surface area contributed by atoms with Gasteiger partial charge in [0.05, 0.1) is 10.3 Å². The monoisotopic (exact) mass is 480 g/mol. The van der Waals surface area contributed by atoms with Crippen LogP contribution in [0.3, 0.4) is 0 Å². The van der Waals surface area contributed by atoms with Crippen LogP contribution in [-0.4, -0.2) is 40.0 Å². The van der Waals surface area contributed by atoms with E-state index in [0.29, 0.717) is 10.5 Å². The van der Waals surface area contributed by atoms with Crippen LogP contribution in [0.4, 0.5) is 26.3 Å². The maximum atomic E-state index is 15.1. The lowest BCUT2D eigenvalue weighted by Gasteiger charge is -2.51. The highest BCUT2D eigenvalue weighted by Crippen LogP contribution is 2.72. The summed E-state index contributed by atoms with van der Waals surface area (Å²) in [6.45, 7) is 5.00. The molecule has 0 bridgehead atoms. The molecule has 0 saturated heterocycles. The molecule has 0 spiro atoms. The third-order valence-corrected chi connectivity index (χ3v) is 9.13. The molecule has 2 atom stereocenters. The molecular weight excluding hydrogens is 462 g/mol. The minimum absolute atomic E-state index is 0.0551. The van der Waals surface area contributed by atoms with Crippen LogP contribution in [0.1, 0.15) is 25.0 Å². The van der Waals surface area contributed by atoms with Crippen LogP contribution < -0.4 is 0 Å². The summed E-state index contributed by atoms with van der Waals surface area (Å²) in [4.78, 5) is 1.94. The van der Waals surface area contributed by atoms with E-state index in [9.17, 15) is 14.0 Å². The fourth-order valence-corrected chi connectivity index (χ4v) is 6.92. The summed E-state index contributed by atoms with van der Waals surface area (Å²) in [5.74, 6) is -15.8. The summed E-state index contributed by atoms with van der Waals surface area (Å²) in [6.07, 6.45) is 2.38. The summed E-state index contributed by atoms with van der Waals surface area (Å²) in [7, 11) is 1.49. The van der Waals surface area contributed by atoms with Gasteiger partial charge < -0.3 is 4.90 Å². The van der Waals surface area contributed by atoms with Crippen molar-refractivity contribution < 1.29 is 26.3 Å². The second-order valence-electron chi connectivity index (χ2n) is 9.08. The Bertz CT molecular complexity index is 1280. The summed E-state index contributed by atoms with van der Waals surface area (Å²) in [6, 6.07) is 9.05. The Morgan fingerprint density at radius 2 is 1.42 bits per heavy atom. The molecule has 2 aliphatic carbocycles. The first-order chi connectivity index (χ1) is 15.2. The second kappa shape index (κ2) is 6.09. The van der Waals surface area contributed by atoms with Crippen molar-refractivity contribution in [1.29, 1.82) is 5.26 Å². The molecule has 5 rings (SSSR count). The van der Waals surface area contributed by atoms with Gasteiger partial charge in [-0.05, 0) is 49.6 Å². The van der Waals surface area contributed by atoms with Gasteiger partial charge in [-0.15, -0.1) is 11.8 Å². The molecule has 1 saturated carbocycles. The van der Waals surface area contributed by atoms with Gasteiger partial charge in [0.1, 0.15) is 11.8 Å². The summed E-state index contributed by atoms with van der Waals surface area (Å²) < 4.78 is 88.3. The molecular formula is C24H18F6N2S. The molecule has 33 heavy (non-hydrogen) atoms. The number of hydrogen-bond acceptors (Lipinski definition) is 3. The van der Waals surface area contributed by atoms with E-state index in [1.807, 2.05) is 25.1 Å². The first-order valence-corrected chi connectivity index (χ1v) is 11.0. The molecule has 2 nitrogen and oxygen atoms in total. The highest BCUT2D eigenvalue weighted by Gasteiger charge is 2.84. The number of thioether (sulfide) groups is 1. The lowest BCUT2D eigenvalue weighted by atomic mass is 9.67. The number of halogens is 6. The molecule has 2 unspecified atom stereocenters. The molecule has 2 heterocycles. The number of likely N-dealkylation sites (N-methyl/N-ethyl adjacent to an activating group) is 1. The average Bonchev–Trinajstić information content (AvgIpc) is 3.26. The topological polar surface area (TPSA) is 27.0 Å². The van der Waals surface area contributed by atoms with Gasteiger partial charge in [-0.2, -0.15) is 31.6 Å². The number of nitriles is 1. The number of rotatable bonds is 1. The quantitative estimate of drug-likeness (QED) is 0.431. The number of allylic oxidation sites excluding steroid dienone is 4. The summed E-state index contributed by atoms with van der Waals surface area (Å²) in [5, 5.41) is 9.55. The second-order valence-corrected chi connectivity index (χ2v) is 10.5. The number of nitrogens with zero attached hydrogens (tertiary/aromatic N) is 2. The zero-order valence-corrected chi connectivity index (χ0v) is 18.9. The molecule has 0 aromatic heterocycles. The molecule has 1 fully saturated rings. The Balaban J connectivity index is 1.89. The van der Waals surface area contributed by atoms with E-state index in [-0.39, 0.29) is 16.8 Å². The van der Waals surface area contributed by atoms with Gasteiger partial charge in [0.2, 0.25) is 0 Å². The summed E-state index contributed by atoms with van der Waals surface area (Å²) >= 11 is 1.16. The van der Waals surface area contributed by atoms with Crippen LogP contribution in [0.15, 0.2) is 64.4 Å². The van der Waals surface area contributed by atoms with E-state index in [4.69, 9.17) is 0 Å². The van der Waals surface area contributed by atoms with E-state index >= 15 is 17.6 Å². The Kier molecular flexibility index (Phi) is 4.10. The molecule has 172 valence electrons. The molecule has 0 amide bonds. The first kappa shape index (κ1) is 22.2. The minimum atomic E-state index is -5.61. The molecule has 1 aromatic carbocycles. The van der Waals surface area contributed by atoms with Crippen molar-refractivity contribution in [3.8, 4) is 6.07 Å². The SMILES string of the molecule is Cc1ccc(C2=CC3=C4C(=C5C=C(C#N)N(C)C5(C)C3(C)S2)C(F)(F)C(F)(F)C4(F)F)cc1. The normalized spacial score (nSPS) is 32.8.